The Labute approximate surface area is 98.8 Å². The second kappa shape index (κ2) is 4.14. The molecular weight excluding hydrogens is 230 g/mol. The first-order chi connectivity index (χ1) is 7.09. The van der Waals surface area contributed by atoms with Gasteiger partial charge in [-0.25, -0.2) is 0 Å². The maximum atomic E-state index is 12.0. The highest BCUT2D eigenvalue weighted by Crippen LogP contribution is 2.35. The molecule has 1 atom stereocenters. The number of hydrogen-bond donors (Lipinski definition) is 0. The third-order valence-electron chi connectivity index (χ3n) is 3.02. The fourth-order valence-corrected chi connectivity index (χ4v) is 2.71. The van der Waals surface area contributed by atoms with Crippen molar-refractivity contribution in [1.82, 2.24) is 4.90 Å². The van der Waals surface area contributed by atoms with Crippen molar-refractivity contribution in [3.05, 3.63) is 21.3 Å². The van der Waals surface area contributed by atoms with Crippen LogP contribution in [0.3, 0.4) is 0 Å². The lowest BCUT2D eigenvalue weighted by Crippen LogP contribution is -2.35. The topological polar surface area (TPSA) is 20.3 Å². The first-order valence-corrected chi connectivity index (χ1v) is 6.31. The Hall–Kier alpha value is -0.540. The van der Waals surface area contributed by atoms with Crippen LogP contribution in [0, 0.1) is 5.92 Å². The average molecular weight is 244 g/mol. The molecule has 1 amide bonds. The lowest BCUT2D eigenvalue weighted by molar-refractivity contribution is 0.0732. The Morgan fingerprint density at radius 3 is 2.73 bits per heavy atom. The predicted octanol–water partition coefficient (Wildman–Crippen LogP) is 3.27. The SMILES string of the molecule is CC(C1CC1)N(C)C(=O)c1ccc(Cl)s1. The number of carbonyl (C=O) groups is 1. The van der Waals surface area contributed by atoms with Gasteiger partial charge in [0.1, 0.15) is 0 Å². The van der Waals surface area contributed by atoms with E-state index in [4.69, 9.17) is 11.6 Å². The van der Waals surface area contributed by atoms with Gasteiger partial charge in [0.05, 0.1) is 9.21 Å². The average Bonchev–Trinajstić information content (AvgIpc) is 2.98. The van der Waals surface area contributed by atoms with Crippen LogP contribution in [0.25, 0.3) is 0 Å². The van der Waals surface area contributed by atoms with Crippen LogP contribution in [0.4, 0.5) is 0 Å². The maximum absolute atomic E-state index is 12.0. The molecule has 15 heavy (non-hydrogen) atoms. The normalized spacial score (nSPS) is 17.5. The maximum Gasteiger partial charge on any atom is 0.263 e. The fraction of sp³-hybridized carbons (Fsp3) is 0.545. The fourth-order valence-electron chi connectivity index (χ4n) is 1.68. The van der Waals surface area contributed by atoms with Crippen molar-refractivity contribution < 1.29 is 4.79 Å². The molecule has 0 spiro atoms. The summed E-state index contributed by atoms with van der Waals surface area (Å²) in [5.74, 6) is 0.792. The molecule has 1 heterocycles. The van der Waals surface area contributed by atoms with E-state index in [9.17, 15) is 4.79 Å². The highest BCUT2D eigenvalue weighted by atomic mass is 35.5. The van der Waals surface area contributed by atoms with Crippen molar-refractivity contribution in [2.45, 2.75) is 25.8 Å². The zero-order valence-electron chi connectivity index (χ0n) is 8.87. The summed E-state index contributed by atoms with van der Waals surface area (Å²) in [6.07, 6.45) is 2.51. The Morgan fingerprint density at radius 2 is 2.27 bits per heavy atom. The van der Waals surface area contributed by atoms with Gasteiger partial charge < -0.3 is 4.90 Å². The molecule has 0 radical (unpaired) electrons. The Balaban J connectivity index is 2.06. The third kappa shape index (κ3) is 2.34. The molecule has 1 fully saturated rings. The predicted molar refractivity (Wildman–Crippen MR) is 63.6 cm³/mol. The molecule has 0 saturated heterocycles. The van der Waals surface area contributed by atoms with Crippen molar-refractivity contribution in [2.75, 3.05) is 7.05 Å². The summed E-state index contributed by atoms with van der Waals surface area (Å²) in [6, 6.07) is 3.92. The number of thiophene rings is 1. The van der Waals surface area contributed by atoms with E-state index in [1.165, 1.54) is 24.2 Å². The molecule has 0 aromatic carbocycles. The van der Waals surface area contributed by atoms with E-state index >= 15 is 0 Å². The number of hydrogen-bond acceptors (Lipinski definition) is 2. The second-order valence-electron chi connectivity index (χ2n) is 4.10. The summed E-state index contributed by atoms with van der Waals surface area (Å²) in [5, 5.41) is 0. The van der Waals surface area contributed by atoms with Gasteiger partial charge in [0.25, 0.3) is 5.91 Å². The molecule has 0 bridgehead atoms. The minimum absolute atomic E-state index is 0.0892. The van der Waals surface area contributed by atoms with Crippen molar-refractivity contribution in [1.29, 1.82) is 0 Å². The molecule has 1 saturated carbocycles. The van der Waals surface area contributed by atoms with E-state index in [1.54, 1.807) is 12.1 Å². The van der Waals surface area contributed by atoms with E-state index in [0.717, 1.165) is 4.88 Å². The van der Waals surface area contributed by atoms with Crippen LogP contribution in [0.2, 0.25) is 4.34 Å². The smallest absolute Gasteiger partial charge is 0.263 e. The monoisotopic (exact) mass is 243 g/mol. The van der Waals surface area contributed by atoms with Gasteiger partial charge in [0, 0.05) is 13.1 Å². The van der Waals surface area contributed by atoms with E-state index < -0.39 is 0 Å². The summed E-state index contributed by atoms with van der Waals surface area (Å²) in [4.78, 5) is 14.6. The summed E-state index contributed by atoms with van der Waals surface area (Å²) in [7, 11) is 1.87. The molecule has 1 unspecified atom stereocenters. The first kappa shape index (κ1) is 11.0. The van der Waals surface area contributed by atoms with Gasteiger partial charge in [0.2, 0.25) is 0 Å². The first-order valence-electron chi connectivity index (χ1n) is 5.12. The quantitative estimate of drug-likeness (QED) is 0.798. The number of amides is 1. The second-order valence-corrected chi connectivity index (χ2v) is 5.81. The van der Waals surface area contributed by atoms with Gasteiger partial charge >= 0.3 is 0 Å². The standard InChI is InChI=1S/C11H14ClNOS/c1-7(8-3-4-8)13(2)11(14)9-5-6-10(12)15-9/h5-8H,3-4H2,1-2H3. The van der Waals surface area contributed by atoms with Crippen molar-refractivity contribution in [3.63, 3.8) is 0 Å². The number of halogens is 1. The van der Waals surface area contributed by atoms with Crippen LogP contribution >= 0.6 is 22.9 Å². The summed E-state index contributed by atoms with van der Waals surface area (Å²) in [6.45, 7) is 2.12. The van der Waals surface area contributed by atoms with Gasteiger partial charge in [-0.3, -0.25) is 4.79 Å². The van der Waals surface area contributed by atoms with Crippen molar-refractivity contribution in [3.8, 4) is 0 Å². The van der Waals surface area contributed by atoms with Gasteiger partial charge in [-0.1, -0.05) is 11.6 Å². The minimum atomic E-state index is 0.0892. The molecule has 2 nitrogen and oxygen atoms in total. The molecular formula is C11H14ClNOS. The zero-order chi connectivity index (χ0) is 11.0. The minimum Gasteiger partial charge on any atom is -0.338 e. The van der Waals surface area contributed by atoms with Crippen LogP contribution in [0.5, 0.6) is 0 Å². The summed E-state index contributed by atoms with van der Waals surface area (Å²) in [5.41, 5.74) is 0. The lowest BCUT2D eigenvalue weighted by Gasteiger charge is -2.24. The van der Waals surface area contributed by atoms with Crippen LogP contribution in [-0.4, -0.2) is 23.9 Å². The molecule has 82 valence electrons. The van der Waals surface area contributed by atoms with Gasteiger partial charge in [-0.2, -0.15) is 0 Å². The van der Waals surface area contributed by atoms with Gasteiger partial charge in [0.15, 0.2) is 0 Å². The van der Waals surface area contributed by atoms with Gasteiger partial charge in [-0.05, 0) is 37.8 Å². The molecule has 2 rings (SSSR count). The largest absolute Gasteiger partial charge is 0.338 e. The highest BCUT2D eigenvalue weighted by Gasteiger charge is 2.32. The van der Waals surface area contributed by atoms with E-state index in [1.807, 2.05) is 11.9 Å². The van der Waals surface area contributed by atoms with E-state index in [2.05, 4.69) is 6.92 Å². The Morgan fingerprint density at radius 1 is 1.60 bits per heavy atom. The number of carbonyl (C=O) groups excluding carboxylic acids is 1. The molecule has 1 aliphatic rings. The molecule has 1 aromatic rings. The van der Waals surface area contributed by atoms with Gasteiger partial charge in [-0.15, -0.1) is 11.3 Å². The van der Waals surface area contributed by atoms with Crippen LogP contribution < -0.4 is 0 Å². The molecule has 1 aromatic heterocycles. The summed E-state index contributed by atoms with van der Waals surface area (Å²) < 4.78 is 0.672. The van der Waals surface area contributed by atoms with E-state index in [-0.39, 0.29) is 5.91 Å². The molecule has 1 aliphatic carbocycles. The van der Waals surface area contributed by atoms with Crippen molar-refractivity contribution >= 4 is 28.8 Å². The van der Waals surface area contributed by atoms with E-state index in [0.29, 0.717) is 16.3 Å². The lowest BCUT2D eigenvalue weighted by atomic mass is 10.2. The number of nitrogens with zero attached hydrogens (tertiary/aromatic N) is 1. The molecule has 0 aliphatic heterocycles. The Bertz CT molecular complexity index is 372. The zero-order valence-corrected chi connectivity index (χ0v) is 10.4. The Kier molecular flexibility index (Phi) is 3.03. The van der Waals surface area contributed by atoms with Crippen LogP contribution in [-0.2, 0) is 0 Å². The summed E-state index contributed by atoms with van der Waals surface area (Å²) >= 11 is 7.16. The molecule has 4 heteroatoms. The van der Waals surface area contributed by atoms with Crippen LogP contribution in [0.15, 0.2) is 12.1 Å². The molecule has 0 N–H and O–H groups in total. The third-order valence-corrected chi connectivity index (χ3v) is 4.24. The van der Waals surface area contributed by atoms with Crippen LogP contribution in [0.1, 0.15) is 29.4 Å². The number of rotatable bonds is 3. The highest BCUT2D eigenvalue weighted by molar-refractivity contribution is 7.17. The van der Waals surface area contributed by atoms with Crippen molar-refractivity contribution in [2.24, 2.45) is 5.92 Å².